The van der Waals surface area contributed by atoms with E-state index in [2.05, 4.69) is 0 Å². The van der Waals surface area contributed by atoms with Gasteiger partial charge in [-0.1, -0.05) is 0 Å². The maximum Gasteiger partial charge on any atom is 0.307 e. The van der Waals surface area contributed by atoms with Crippen molar-refractivity contribution < 1.29 is 9.90 Å². The molecule has 2 saturated carbocycles. The van der Waals surface area contributed by atoms with Crippen LogP contribution in [0, 0.1) is 11.3 Å². The summed E-state index contributed by atoms with van der Waals surface area (Å²) in [7, 11) is 0. The van der Waals surface area contributed by atoms with Crippen molar-refractivity contribution in [2.75, 3.05) is 0 Å². The van der Waals surface area contributed by atoms with E-state index in [-0.39, 0.29) is 5.92 Å². The van der Waals surface area contributed by atoms with Crippen LogP contribution in [0.1, 0.15) is 19.3 Å². The van der Waals surface area contributed by atoms with Crippen molar-refractivity contribution in [2.24, 2.45) is 11.3 Å². The summed E-state index contributed by atoms with van der Waals surface area (Å²) in [5.41, 5.74) is 0.339. The maximum absolute atomic E-state index is 10.2. The largest absolute Gasteiger partial charge is 0.481 e. The van der Waals surface area contributed by atoms with E-state index in [1.807, 2.05) is 0 Å². The number of aliphatic carboxylic acids is 1. The molecule has 0 saturated heterocycles. The number of hydrogen-bond acceptors (Lipinski definition) is 1. The first-order valence-corrected chi connectivity index (χ1v) is 2.97. The van der Waals surface area contributed by atoms with Crippen LogP contribution < -0.4 is 0 Å². The molecule has 1 N–H and O–H groups in total. The molecule has 0 bridgehead atoms. The van der Waals surface area contributed by atoms with Gasteiger partial charge in [0.2, 0.25) is 0 Å². The first kappa shape index (κ1) is 4.36. The second kappa shape index (κ2) is 0.925. The van der Waals surface area contributed by atoms with Crippen molar-refractivity contribution in [2.45, 2.75) is 19.3 Å². The minimum Gasteiger partial charge on any atom is -0.481 e. The molecule has 2 aliphatic rings. The van der Waals surface area contributed by atoms with Crippen molar-refractivity contribution >= 4 is 5.97 Å². The fourth-order valence-corrected chi connectivity index (χ4v) is 1.41. The number of carboxylic acid groups (broad SMARTS) is 1. The number of rotatable bonds is 1. The van der Waals surface area contributed by atoms with E-state index in [4.69, 9.17) is 5.11 Å². The summed E-state index contributed by atoms with van der Waals surface area (Å²) in [6.45, 7) is 0. The van der Waals surface area contributed by atoms with Gasteiger partial charge in [-0.25, -0.2) is 0 Å². The third-order valence-corrected chi connectivity index (χ3v) is 2.38. The monoisotopic (exact) mass is 112 g/mol. The molecule has 2 heteroatoms. The molecule has 2 rings (SSSR count). The molecule has 1 spiro atoms. The van der Waals surface area contributed by atoms with E-state index >= 15 is 0 Å². The van der Waals surface area contributed by atoms with Crippen LogP contribution in [0.25, 0.3) is 0 Å². The Morgan fingerprint density at radius 3 is 2.38 bits per heavy atom. The Bertz CT molecular complexity index is 147. The van der Waals surface area contributed by atoms with Gasteiger partial charge < -0.3 is 5.11 Å². The van der Waals surface area contributed by atoms with Crippen molar-refractivity contribution in [3.8, 4) is 0 Å². The van der Waals surface area contributed by atoms with E-state index in [1.165, 1.54) is 12.8 Å². The maximum atomic E-state index is 10.2. The molecule has 1 unspecified atom stereocenters. The molecule has 0 radical (unpaired) electrons. The van der Waals surface area contributed by atoms with Crippen LogP contribution in [0.15, 0.2) is 0 Å². The van der Waals surface area contributed by atoms with Crippen LogP contribution >= 0.6 is 0 Å². The molecule has 2 aliphatic carbocycles. The molecule has 1 atom stereocenters. The highest BCUT2D eigenvalue weighted by molar-refractivity contribution is 5.75. The normalized spacial score (nSPS) is 37.2. The average molecular weight is 112 g/mol. The number of hydrogen-bond donors (Lipinski definition) is 1. The van der Waals surface area contributed by atoms with Crippen molar-refractivity contribution in [3.63, 3.8) is 0 Å². The van der Waals surface area contributed by atoms with Gasteiger partial charge in [0, 0.05) is 0 Å². The minimum atomic E-state index is -0.581. The summed E-state index contributed by atoms with van der Waals surface area (Å²) < 4.78 is 0. The lowest BCUT2D eigenvalue weighted by molar-refractivity contribution is -0.138. The molecule has 0 amide bonds. The van der Waals surface area contributed by atoms with Crippen LogP contribution in [0.2, 0.25) is 0 Å². The van der Waals surface area contributed by atoms with E-state index in [1.54, 1.807) is 0 Å². The third kappa shape index (κ3) is 0.358. The molecular weight excluding hydrogens is 104 g/mol. The molecular formula is C6H8O2. The topological polar surface area (TPSA) is 37.3 Å². The summed E-state index contributed by atoms with van der Waals surface area (Å²) in [6, 6.07) is 0. The Kier molecular flexibility index (Phi) is 0.504. The Hall–Kier alpha value is -0.530. The van der Waals surface area contributed by atoms with Gasteiger partial charge in [-0.15, -0.1) is 0 Å². The van der Waals surface area contributed by atoms with Gasteiger partial charge in [-0.2, -0.15) is 0 Å². The third-order valence-electron chi connectivity index (χ3n) is 2.38. The highest BCUT2D eigenvalue weighted by atomic mass is 16.4. The van der Waals surface area contributed by atoms with E-state index in [0.29, 0.717) is 5.41 Å². The first-order chi connectivity index (χ1) is 3.75. The Balaban J connectivity index is 2.06. The second-order valence-electron chi connectivity index (χ2n) is 2.96. The Morgan fingerprint density at radius 1 is 1.62 bits per heavy atom. The van der Waals surface area contributed by atoms with Gasteiger partial charge in [-0.3, -0.25) is 4.79 Å². The highest BCUT2D eigenvalue weighted by Crippen LogP contribution is 2.70. The smallest absolute Gasteiger partial charge is 0.307 e. The predicted molar refractivity (Wildman–Crippen MR) is 27.4 cm³/mol. The first-order valence-electron chi connectivity index (χ1n) is 2.97. The van der Waals surface area contributed by atoms with Gasteiger partial charge in [0.25, 0.3) is 0 Å². The van der Waals surface area contributed by atoms with Crippen molar-refractivity contribution in [3.05, 3.63) is 0 Å². The molecule has 0 aromatic rings. The van der Waals surface area contributed by atoms with Gasteiger partial charge in [0.05, 0.1) is 5.92 Å². The zero-order valence-corrected chi connectivity index (χ0v) is 4.55. The summed E-state index contributed by atoms with van der Waals surface area (Å²) in [5.74, 6) is -0.537. The van der Waals surface area contributed by atoms with Gasteiger partial charge >= 0.3 is 5.97 Å². The van der Waals surface area contributed by atoms with Crippen molar-refractivity contribution in [1.82, 2.24) is 0 Å². The summed E-state index contributed by atoms with van der Waals surface area (Å²) >= 11 is 0. The standard InChI is InChI=1S/C6H8O2/c7-5(8)4-3-6(4)1-2-6/h4H,1-3H2,(H,7,8). The van der Waals surface area contributed by atoms with E-state index in [0.717, 1.165) is 6.42 Å². The molecule has 0 aromatic carbocycles. The number of carbonyl (C=O) groups is 1. The summed E-state index contributed by atoms with van der Waals surface area (Å²) in [6.07, 6.45) is 3.30. The molecule has 2 fully saturated rings. The van der Waals surface area contributed by atoms with E-state index in [9.17, 15) is 4.79 Å². The Labute approximate surface area is 47.5 Å². The van der Waals surface area contributed by atoms with Crippen LogP contribution in [-0.4, -0.2) is 11.1 Å². The average Bonchev–Trinajstić information content (AvgIpc) is 2.50. The van der Waals surface area contributed by atoms with Gasteiger partial charge in [-0.05, 0) is 24.7 Å². The van der Waals surface area contributed by atoms with Gasteiger partial charge in [0.15, 0.2) is 0 Å². The molecule has 8 heavy (non-hydrogen) atoms. The molecule has 0 aliphatic heterocycles. The van der Waals surface area contributed by atoms with Crippen LogP contribution in [0.5, 0.6) is 0 Å². The molecule has 0 heterocycles. The zero-order chi connectivity index (χ0) is 5.78. The van der Waals surface area contributed by atoms with Crippen molar-refractivity contribution in [1.29, 1.82) is 0 Å². The molecule has 44 valence electrons. The predicted octanol–water partition coefficient (Wildman–Crippen LogP) is 0.871. The zero-order valence-electron chi connectivity index (χ0n) is 4.55. The van der Waals surface area contributed by atoms with Crippen LogP contribution in [-0.2, 0) is 4.79 Å². The number of carboxylic acids is 1. The SMILES string of the molecule is O=C(O)C1CC12CC2. The summed E-state index contributed by atoms with van der Waals surface area (Å²) in [5, 5.41) is 8.43. The lowest BCUT2D eigenvalue weighted by atomic mass is 10.3. The second-order valence-corrected chi connectivity index (χ2v) is 2.96. The molecule has 0 aromatic heterocycles. The lowest BCUT2D eigenvalue weighted by Gasteiger charge is -1.82. The lowest BCUT2D eigenvalue weighted by Crippen LogP contribution is -1.98. The highest BCUT2D eigenvalue weighted by Gasteiger charge is 2.66. The van der Waals surface area contributed by atoms with E-state index < -0.39 is 5.97 Å². The quantitative estimate of drug-likeness (QED) is 0.546. The summed E-state index contributed by atoms with van der Waals surface area (Å²) in [4.78, 5) is 10.2. The van der Waals surface area contributed by atoms with Crippen LogP contribution in [0.4, 0.5) is 0 Å². The van der Waals surface area contributed by atoms with Crippen LogP contribution in [0.3, 0.4) is 0 Å². The Morgan fingerprint density at radius 2 is 2.25 bits per heavy atom. The molecule has 2 nitrogen and oxygen atoms in total. The fourth-order valence-electron chi connectivity index (χ4n) is 1.41. The van der Waals surface area contributed by atoms with Gasteiger partial charge in [0.1, 0.15) is 0 Å². The fraction of sp³-hybridized carbons (Fsp3) is 0.833. The minimum absolute atomic E-state index is 0.0440.